The van der Waals surface area contributed by atoms with E-state index < -0.39 is 12.1 Å². The van der Waals surface area contributed by atoms with E-state index in [1.54, 1.807) is 18.5 Å². The molecule has 7 nitrogen and oxygen atoms in total. The number of aliphatic carboxylic acids is 1. The molecule has 0 aliphatic heterocycles. The molecular formula is C10H15N3O4. The van der Waals surface area contributed by atoms with Crippen molar-refractivity contribution < 1.29 is 19.4 Å². The van der Waals surface area contributed by atoms with Gasteiger partial charge < -0.3 is 15.2 Å². The summed E-state index contributed by atoms with van der Waals surface area (Å²) in [7, 11) is 1.41. The fourth-order valence-corrected chi connectivity index (χ4v) is 1.26. The zero-order valence-electron chi connectivity index (χ0n) is 9.50. The summed E-state index contributed by atoms with van der Waals surface area (Å²) in [5, 5.41) is 15.1. The Hall–Kier alpha value is -1.89. The van der Waals surface area contributed by atoms with E-state index in [1.165, 1.54) is 11.8 Å². The standard InChI is InChI=1S/C10H15N3O4/c1-17-8(5-10(15)16)6-11-9(14)7-13-4-2-3-12-13/h2-4,8H,5-7H2,1H3,(H,11,14)(H,15,16). The summed E-state index contributed by atoms with van der Waals surface area (Å²) in [4.78, 5) is 21.9. The van der Waals surface area contributed by atoms with Gasteiger partial charge in [-0.2, -0.15) is 5.10 Å². The average Bonchev–Trinajstić information content (AvgIpc) is 2.76. The third-order valence-electron chi connectivity index (χ3n) is 2.13. The first kappa shape index (κ1) is 13.2. The molecule has 0 aromatic carbocycles. The lowest BCUT2D eigenvalue weighted by molar-refractivity contribution is -0.140. The molecule has 0 spiro atoms. The molecule has 0 radical (unpaired) electrons. The van der Waals surface area contributed by atoms with Crippen LogP contribution in [-0.4, -0.2) is 46.5 Å². The van der Waals surface area contributed by atoms with E-state index in [0.29, 0.717) is 0 Å². The van der Waals surface area contributed by atoms with Crippen LogP contribution in [0.1, 0.15) is 6.42 Å². The number of amides is 1. The lowest BCUT2D eigenvalue weighted by Crippen LogP contribution is -2.36. The molecule has 1 unspecified atom stereocenters. The van der Waals surface area contributed by atoms with Gasteiger partial charge in [-0.05, 0) is 6.07 Å². The summed E-state index contributed by atoms with van der Waals surface area (Å²) in [6, 6.07) is 1.72. The normalized spacial score (nSPS) is 12.1. The quantitative estimate of drug-likeness (QED) is 0.670. The van der Waals surface area contributed by atoms with Gasteiger partial charge in [0.1, 0.15) is 6.54 Å². The van der Waals surface area contributed by atoms with Gasteiger partial charge in [0.15, 0.2) is 0 Å². The van der Waals surface area contributed by atoms with Gasteiger partial charge in [0.2, 0.25) is 5.91 Å². The Balaban J connectivity index is 2.29. The second-order valence-corrected chi connectivity index (χ2v) is 3.46. The van der Waals surface area contributed by atoms with E-state index in [2.05, 4.69) is 10.4 Å². The van der Waals surface area contributed by atoms with Gasteiger partial charge in [0, 0.05) is 26.0 Å². The minimum atomic E-state index is -0.960. The number of nitrogens with one attached hydrogen (secondary N) is 1. The molecule has 0 saturated heterocycles. The summed E-state index contributed by atoms with van der Waals surface area (Å²) in [5.41, 5.74) is 0. The van der Waals surface area contributed by atoms with Crippen LogP contribution in [0.5, 0.6) is 0 Å². The predicted molar refractivity (Wildman–Crippen MR) is 58.3 cm³/mol. The number of carboxylic acids is 1. The van der Waals surface area contributed by atoms with Crippen molar-refractivity contribution >= 4 is 11.9 Å². The van der Waals surface area contributed by atoms with E-state index in [-0.39, 0.29) is 25.4 Å². The number of carboxylic acid groups (broad SMARTS) is 1. The number of nitrogens with zero attached hydrogens (tertiary/aromatic N) is 2. The Morgan fingerprint density at radius 1 is 1.59 bits per heavy atom. The van der Waals surface area contributed by atoms with Gasteiger partial charge in [-0.3, -0.25) is 14.3 Å². The van der Waals surface area contributed by atoms with Crippen LogP contribution < -0.4 is 5.32 Å². The van der Waals surface area contributed by atoms with Crippen molar-refractivity contribution in [3.05, 3.63) is 18.5 Å². The van der Waals surface area contributed by atoms with Crippen LogP contribution in [0, 0.1) is 0 Å². The topological polar surface area (TPSA) is 93.5 Å². The maximum atomic E-state index is 11.4. The second kappa shape index (κ2) is 6.64. The zero-order valence-corrected chi connectivity index (χ0v) is 9.50. The molecular weight excluding hydrogens is 226 g/mol. The molecule has 1 rings (SSSR count). The minimum Gasteiger partial charge on any atom is -0.481 e. The first-order chi connectivity index (χ1) is 8.11. The average molecular weight is 241 g/mol. The van der Waals surface area contributed by atoms with E-state index in [4.69, 9.17) is 9.84 Å². The molecule has 1 aromatic rings. The van der Waals surface area contributed by atoms with Crippen molar-refractivity contribution in [2.75, 3.05) is 13.7 Å². The number of carbonyl (C=O) groups excluding carboxylic acids is 1. The molecule has 1 heterocycles. The van der Waals surface area contributed by atoms with Crippen LogP contribution >= 0.6 is 0 Å². The molecule has 1 atom stereocenters. The maximum absolute atomic E-state index is 11.4. The highest BCUT2D eigenvalue weighted by Gasteiger charge is 2.13. The van der Waals surface area contributed by atoms with Crippen LogP contribution in [0.4, 0.5) is 0 Å². The smallest absolute Gasteiger partial charge is 0.306 e. The molecule has 2 N–H and O–H groups in total. The molecule has 0 bridgehead atoms. The van der Waals surface area contributed by atoms with Gasteiger partial charge in [0.25, 0.3) is 0 Å². The van der Waals surface area contributed by atoms with Crippen LogP contribution in [0.3, 0.4) is 0 Å². The molecule has 94 valence electrons. The van der Waals surface area contributed by atoms with Crippen molar-refractivity contribution in [3.63, 3.8) is 0 Å². The molecule has 7 heteroatoms. The van der Waals surface area contributed by atoms with Gasteiger partial charge >= 0.3 is 5.97 Å². The largest absolute Gasteiger partial charge is 0.481 e. The van der Waals surface area contributed by atoms with E-state index >= 15 is 0 Å². The maximum Gasteiger partial charge on any atom is 0.306 e. The molecule has 0 saturated carbocycles. The van der Waals surface area contributed by atoms with Crippen LogP contribution in [-0.2, 0) is 20.9 Å². The van der Waals surface area contributed by atoms with Gasteiger partial charge in [-0.15, -0.1) is 0 Å². The zero-order chi connectivity index (χ0) is 12.7. The van der Waals surface area contributed by atoms with Crippen molar-refractivity contribution in [1.29, 1.82) is 0 Å². The molecule has 17 heavy (non-hydrogen) atoms. The number of carbonyl (C=O) groups is 2. The lowest BCUT2D eigenvalue weighted by Gasteiger charge is -2.13. The van der Waals surface area contributed by atoms with Crippen molar-refractivity contribution in [2.45, 2.75) is 19.1 Å². The van der Waals surface area contributed by atoms with Gasteiger partial charge in [-0.1, -0.05) is 0 Å². The summed E-state index contributed by atoms with van der Waals surface area (Å²) in [5.74, 6) is -1.20. The Kier molecular flexibility index (Phi) is 5.15. The lowest BCUT2D eigenvalue weighted by atomic mass is 10.2. The van der Waals surface area contributed by atoms with Crippen LogP contribution in [0.25, 0.3) is 0 Å². The highest BCUT2D eigenvalue weighted by molar-refractivity contribution is 5.75. The first-order valence-corrected chi connectivity index (χ1v) is 5.10. The van der Waals surface area contributed by atoms with Gasteiger partial charge in [-0.25, -0.2) is 0 Å². The van der Waals surface area contributed by atoms with Crippen molar-refractivity contribution in [3.8, 4) is 0 Å². The SMILES string of the molecule is COC(CNC(=O)Cn1cccn1)CC(=O)O. The monoisotopic (exact) mass is 241 g/mol. The highest BCUT2D eigenvalue weighted by atomic mass is 16.5. The molecule has 0 aliphatic carbocycles. The van der Waals surface area contributed by atoms with E-state index in [0.717, 1.165) is 0 Å². The van der Waals surface area contributed by atoms with Crippen molar-refractivity contribution in [1.82, 2.24) is 15.1 Å². The summed E-state index contributed by atoms with van der Waals surface area (Å²) in [6.07, 6.45) is 2.59. The molecule has 0 fully saturated rings. The number of hydrogen-bond donors (Lipinski definition) is 2. The van der Waals surface area contributed by atoms with Crippen LogP contribution in [0.15, 0.2) is 18.5 Å². The minimum absolute atomic E-state index is 0.108. The Morgan fingerprint density at radius 2 is 2.35 bits per heavy atom. The highest BCUT2D eigenvalue weighted by Crippen LogP contribution is 1.95. The second-order valence-electron chi connectivity index (χ2n) is 3.46. The summed E-state index contributed by atoms with van der Waals surface area (Å²) in [6.45, 7) is 0.277. The Morgan fingerprint density at radius 3 is 2.88 bits per heavy atom. The van der Waals surface area contributed by atoms with E-state index in [9.17, 15) is 9.59 Å². The first-order valence-electron chi connectivity index (χ1n) is 5.10. The number of ether oxygens (including phenoxy) is 1. The molecule has 1 amide bonds. The summed E-state index contributed by atoms with van der Waals surface area (Å²) >= 11 is 0. The van der Waals surface area contributed by atoms with Crippen LogP contribution in [0.2, 0.25) is 0 Å². The van der Waals surface area contributed by atoms with E-state index in [1.807, 2.05) is 0 Å². The Labute approximate surface area is 98.4 Å². The summed E-state index contributed by atoms with van der Waals surface area (Å²) < 4.78 is 6.41. The number of rotatable bonds is 7. The van der Waals surface area contributed by atoms with Gasteiger partial charge in [0.05, 0.1) is 12.5 Å². The fraction of sp³-hybridized carbons (Fsp3) is 0.500. The molecule has 0 aliphatic rings. The molecule has 1 aromatic heterocycles. The van der Waals surface area contributed by atoms with Crippen molar-refractivity contribution in [2.24, 2.45) is 0 Å². The predicted octanol–water partition coefficient (Wildman–Crippen LogP) is -0.511. The third kappa shape index (κ3) is 5.12. The Bertz CT molecular complexity index is 364. The number of aromatic nitrogens is 2. The fourth-order valence-electron chi connectivity index (χ4n) is 1.26. The number of hydrogen-bond acceptors (Lipinski definition) is 4. The third-order valence-corrected chi connectivity index (χ3v) is 2.13. The number of methoxy groups -OCH3 is 1.